The van der Waals surface area contributed by atoms with Crippen LogP contribution in [0.5, 0.6) is 0 Å². The molecule has 33 heavy (non-hydrogen) atoms. The molecule has 0 spiro atoms. The third kappa shape index (κ3) is 5.46. The molecular weight excluding hydrogens is 444 g/mol. The number of nitrogens with zero attached hydrogens (tertiary/aromatic N) is 3. The Balaban J connectivity index is 1.28. The van der Waals surface area contributed by atoms with Gasteiger partial charge < -0.3 is 10.2 Å². The molecule has 8 nitrogen and oxygen atoms in total. The SMILES string of the molecule is O=NC(CCN1CCN(C(=O)c2ccc3c(c2)CCC(=O)N3)CC1)C(=O)c1ccc(Cl)cc1. The van der Waals surface area contributed by atoms with Crippen molar-refractivity contribution in [1.29, 1.82) is 0 Å². The van der Waals surface area contributed by atoms with Gasteiger partial charge in [0.1, 0.15) is 0 Å². The quantitative estimate of drug-likeness (QED) is 0.496. The molecule has 0 aliphatic carbocycles. The van der Waals surface area contributed by atoms with E-state index in [1.54, 1.807) is 36.4 Å². The van der Waals surface area contributed by atoms with E-state index in [9.17, 15) is 19.3 Å². The summed E-state index contributed by atoms with van der Waals surface area (Å²) in [4.78, 5) is 52.3. The van der Waals surface area contributed by atoms with E-state index in [2.05, 4.69) is 15.4 Å². The minimum Gasteiger partial charge on any atom is -0.336 e. The molecule has 4 rings (SSSR count). The summed E-state index contributed by atoms with van der Waals surface area (Å²) in [5.41, 5.74) is 2.80. The van der Waals surface area contributed by atoms with Gasteiger partial charge >= 0.3 is 0 Å². The fraction of sp³-hybridized carbons (Fsp3) is 0.375. The highest BCUT2D eigenvalue weighted by Gasteiger charge is 2.26. The number of carbonyl (C=O) groups is 3. The highest BCUT2D eigenvalue weighted by molar-refractivity contribution is 6.30. The van der Waals surface area contributed by atoms with Gasteiger partial charge in [-0.15, -0.1) is 0 Å². The minimum absolute atomic E-state index is 0.000387. The van der Waals surface area contributed by atoms with Gasteiger partial charge in [-0.2, -0.15) is 4.91 Å². The highest BCUT2D eigenvalue weighted by atomic mass is 35.5. The van der Waals surface area contributed by atoms with Gasteiger partial charge in [0.05, 0.1) is 0 Å². The number of benzene rings is 2. The first kappa shape index (κ1) is 23.1. The van der Waals surface area contributed by atoms with Gasteiger partial charge in [0.15, 0.2) is 11.8 Å². The number of hydrogen-bond acceptors (Lipinski definition) is 6. The van der Waals surface area contributed by atoms with Crippen LogP contribution in [-0.4, -0.2) is 66.2 Å². The van der Waals surface area contributed by atoms with E-state index in [0.29, 0.717) is 68.1 Å². The number of halogens is 1. The summed E-state index contributed by atoms with van der Waals surface area (Å²) < 4.78 is 0. The summed E-state index contributed by atoms with van der Waals surface area (Å²) in [6.07, 6.45) is 1.40. The zero-order valence-electron chi connectivity index (χ0n) is 18.1. The Morgan fingerprint density at radius 1 is 1.00 bits per heavy atom. The molecule has 2 aliphatic heterocycles. The van der Waals surface area contributed by atoms with Crippen LogP contribution in [0.3, 0.4) is 0 Å². The zero-order chi connectivity index (χ0) is 23.4. The Bertz CT molecular complexity index is 1060. The lowest BCUT2D eigenvalue weighted by Crippen LogP contribution is -2.49. The van der Waals surface area contributed by atoms with Crippen LogP contribution >= 0.6 is 11.6 Å². The number of Topliss-reactive ketones (excluding diaryl/α,β-unsaturated/α-hetero) is 1. The summed E-state index contributed by atoms with van der Waals surface area (Å²) in [5, 5.41) is 6.40. The van der Waals surface area contributed by atoms with Crippen molar-refractivity contribution in [3.05, 3.63) is 69.1 Å². The van der Waals surface area contributed by atoms with Crippen molar-refractivity contribution < 1.29 is 14.4 Å². The first-order valence-electron chi connectivity index (χ1n) is 11.0. The molecule has 0 aromatic heterocycles. The van der Waals surface area contributed by atoms with Crippen LogP contribution in [0.2, 0.25) is 5.02 Å². The number of rotatable bonds is 7. The third-order valence-electron chi connectivity index (χ3n) is 6.18. The average molecular weight is 469 g/mol. The minimum atomic E-state index is -0.943. The van der Waals surface area contributed by atoms with E-state index in [1.165, 1.54) is 0 Å². The second kappa shape index (κ2) is 10.2. The number of piperazine rings is 1. The largest absolute Gasteiger partial charge is 0.336 e. The van der Waals surface area contributed by atoms with Crippen LogP contribution < -0.4 is 5.32 Å². The molecule has 2 heterocycles. The predicted molar refractivity (Wildman–Crippen MR) is 126 cm³/mol. The molecule has 2 amide bonds. The van der Waals surface area contributed by atoms with Crippen molar-refractivity contribution in [2.24, 2.45) is 5.18 Å². The third-order valence-corrected chi connectivity index (χ3v) is 6.44. The molecule has 2 aromatic rings. The van der Waals surface area contributed by atoms with E-state index in [-0.39, 0.29) is 17.6 Å². The molecule has 0 saturated carbocycles. The van der Waals surface area contributed by atoms with Gasteiger partial charge in [0.25, 0.3) is 5.91 Å². The van der Waals surface area contributed by atoms with Gasteiger partial charge in [0, 0.05) is 61.0 Å². The normalized spacial score (nSPS) is 17.1. The molecule has 0 bridgehead atoms. The maximum atomic E-state index is 12.9. The average Bonchev–Trinajstić information content (AvgIpc) is 2.84. The fourth-order valence-electron chi connectivity index (χ4n) is 4.22. The van der Waals surface area contributed by atoms with Gasteiger partial charge in [-0.3, -0.25) is 19.3 Å². The second-order valence-electron chi connectivity index (χ2n) is 8.33. The lowest BCUT2D eigenvalue weighted by molar-refractivity contribution is -0.116. The smallest absolute Gasteiger partial charge is 0.253 e. The molecule has 1 unspecified atom stereocenters. The van der Waals surface area contributed by atoms with Crippen molar-refractivity contribution in [2.45, 2.75) is 25.3 Å². The molecular formula is C24H25ClN4O4. The number of amides is 2. The van der Waals surface area contributed by atoms with Gasteiger partial charge in [-0.05, 0) is 60.9 Å². The summed E-state index contributed by atoms with van der Waals surface area (Å²) in [6.45, 7) is 3.01. The number of nitroso groups, excluding NO2 is 1. The summed E-state index contributed by atoms with van der Waals surface area (Å²) in [5.74, 6) is -0.335. The Kier molecular flexibility index (Phi) is 7.15. The Morgan fingerprint density at radius 3 is 2.39 bits per heavy atom. The number of hydrogen-bond donors (Lipinski definition) is 1. The summed E-state index contributed by atoms with van der Waals surface area (Å²) in [7, 11) is 0. The van der Waals surface area contributed by atoms with Crippen LogP contribution in [0.25, 0.3) is 0 Å². The first-order valence-corrected chi connectivity index (χ1v) is 11.4. The van der Waals surface area contributed by atoms with E-state index in [0.717, 1.165) is 11.3 Å². The van der Waals surface area contributed by atoms with Crippen LogP contribution in [0.4, 0.5) is 5.69 Å². The Morgan fingerprint density at radius 2 is 1.70 bits per heavy atom. The van der Waals surface area contributed by atoms with Crippen molar-refractivity contribution >= 4 is 34.9 Å². The topological polar surface area (TPSA) is 99.2 Å². The van der Waals surface area contributed by atoms with E-state index in [1.807, 2.05) is 11.0 Å². The number of aryl methyl sites for hydroxylation is 1. The molecule has 0 radical (unpaired) electrons. The highest BCUT2D eigenvalue weighted by Crippen LogP contribution is 2.24. The van der Waals surface area contributed by atoms with Gasteiger partial charge in [-0.1, -0.05) is 16.8 Å². The number of carbonyl (C=O) groups excluding carboxylic acids is 3. The van der Waals surface area contributed by atoms with Crippen LogP contribution in [-0.2, 0) is 11.2 Å². The van der Waals surface area contributed by atoms with Crippen LogP contribution in [0.1, 0.15) is 39.1 Å². The van der Waals surface area contributed by atoms with Crippen molar-refractivity contribution in [2.75, 3.05) is 38.0 Å². The van der Waals surface area contributed by atoms with Gasteiger partial charge in [0.2, 0.25) is 5.91 Å². The maximum absolute atomic E-state index is 12.9. The number of nitrogens with one attached hydrogen (secondary N) is 1. The molecule has 1 saturated heterocycles. The number of anilines is 1. The van der Waals surface area contributed by atoms with E-state index >= 15 is 0 Å². The molecule has 1 atom stereocenters. The lowest BCUT2D eigenvalue weighted by atomic mass is 9.99. The molecule has 2 aromatic carbocycles. The Labute approximate surface area is 196 Å². The van der Waals surface area contributed by atoms with Gasteiger partial charge in [-0.25, -0.2) is 0 Å². The molecule has 2 aliphatic rings. The number of ketones is 1. The summed E-state index contributed by atoms with van der Waals surface area (Å²) >= 11 is 5.86. The van der Waals surface area contributed by atoms with E-state index < -0.39 is 6.04 Å². The maximum Gasteiger partial charge on any atom is 0.253 e. The zero-order valence-corrected chi connectivity index (χ0v) is 18.9. The molecule has 172 valence electrons. The summed E-state index contributed by atoms with van der Waals surface area (Å²) in [6, 6.07) is 10.9. The van der Waals surface area contributed by atoms with Crippen molar-refractivity contribution in [3.8, 4) is 0 Å². The monoisotopic (exact) mass is 468 g/mol. The van der Waals surface area contributed by atoms with Crippen LogP contribution in [0, 0.1) is 4.91 Å². The second-order valence-corrected chi connectivity index (χ2v) is 8.77. The predicted octanol–water partition coefficient (Wildman–Crippen LogP) is 3.39. The van der Waals surface area contributed by atoms with Crippen molar-refractivity contribution in [1.82, 2.24) is 9.80 Å². The lowest BCUT2D eigenvalue weighted by Gasteiger charge is -2.35. The standard InChI is InChI=1S/C24H25ClN4O4/c25-19-5-1-16(2-6-19)23(31)21(27-33)9-10-28-11-13-29(14-12-28)24(32)18-3-7-20-17(15-18)4-8-22(30)26-20/h1-3,5-7,15,21H,4,8-14H2,(H,26,30). The van der Waals surface area contributed by atoms with E-state index in [4.69, 9.17) is 11.6 Å². The fourth-order valence-corrected chi connectivity index (χ4v) is 4.34. The molecule has 9 heteroatoms. The van der Waals surface area contributed by atoms with Crippen molar-refractivity contribution in [3.63, 3.8) is 0 Å². The Hall–Kier alpha value is -3.10. The first-order chi connectivity index (χ1) is 15.9. The molecule has 1 N–H and O–H groups in total. The molecule has 1 fully saturated rings. The number of fused-ring (bicyclic) bond motifs is 1. The van der Waals surface area contributed by atoms with Crippen LogP contribution in [0.15, 0.2) is 47.6 Å².